The van der Waals surface area contributed by atoms with Gasteiger partial charge in [-0.05, 0) is 37.0 Å². The molecule has 21 heavy (non-hydrogen) atoms. The second kappa shape index (κ2) is 6.22. The SMILES string of the molecule is O=C(NCC1CCCC1Cl)c1cc(C(F)(F)F)ccc1F. The van der Waals surface area contributed by atoms with E-state index in [4.69, 9.17) is 11.6 Å². The summed E-state index contributed by atoms with van der Waals surface area (Å²) >= 11 is 6.05. The first-order valence-electron chi connectivity index (χ1n) is 6.58. The average Bonchev–Trinajstić information content (AvgIpc) is 2.80. The van der Waals surface area contributed by atoms with Crippen molar-refractivity contribution in [3.63, 3.8) is 0 Å². The first-order valence-corrected chi connectivity index (χ1v) is 7.01. The minimum absolute atomic E-state index is 0.0587. The van der Waals surface area contributed by atoms with Gasteiger partial charge in [-0.25, -0.2) is 4.39 Å². The van der Waals surface area contributed by atoms with Crippen molar-refractivity contribution in [2.45, 2.75) is 30.8 Å². The molecule has 0 aliphatic heterocycles. The molecule has 1 aromatic rings. The number of alkyl halides is 4. The first kappa shape index (κ1) is 16.1. The van der Waals surface area contributed by atoms with Crippen LogP contribution >= 0.6 is 11.6 Å². The van der Waals surface area contributed by atoms with Crippen molar-refractivity contribution in [1.29, 1.82) is 0 Å². The molecule has 1 aromatic carbocycles. The molecule has 1 aliphatic carbocycles. The molecule has 2 nitrogen and oxygen atoms in total. The van der Waals surface area contributed by atoms with E-state index in [-0.39, 0.29) is 17.8 Å². The van der Waals surface area contributed by atoms with Crippen LogP contribution in [0.15, 0.2) is 18.2 Å². The maximum Gasteiger partial charge on any atom is 0.416 e. The quantitative estimate of drug-likeness (QED) is 0.661. The molecule has 7 heteroatoms. The topological polar surface area (TPSA) is 29.1 Å². The maximum absolute atomic E-state index is 13.5. The molecule has 2 rings (SSSR count). The van der Waals surface area contributed by atoms with E-state index in [0.717, 1.165) is 19.3 Å². The fraction of sp³-hybridized carbons (Fsp3) is 0.500. The Labute approximate surface area is 124 Å². The van der Waals surface area contributed by atoms with Gasteiger partial charge < -0.3 is 5.32 Å². The molecule has 1 aliphatic rings. The van der Waals surface area contributed by atoms with E-state index >= 15 is 0 Å². The predicted molar refractivity (Wildman–Crippen MR) is 70.7 cm³/mol. The summed E-state index contributed by atoms with van der Waals surface area (Å²) in [6.07, 6.45) is -1.97. The molecule has 2 unspecified atom stereocenters. The second-order valence-electron chi connectivity index (χ2n) is 5.11. The Morgan fingerprint density at radius 1 is 1.33 bits per heavy atom. The molecule has 2 atom stereocenters. The fourth-order valence-electron chi connectivity index (χ4n) is 2.42. The molecule has 1 fully saturated rings. The minimum Gasteiger partial charge on any atom is -0.352 e. The summed E-state index contributed by atoms with van der Waals surface area (Å²) in [5, 5.41) is 2.40. The van der Waals surface area contributed by atoms with E-state index < -0.39 is 29.0 Å². The zero-order valence-electron chi connectivity index (χ0n) is 11.0. The van der Waals surface area contributed by atoms with Crippen molar-refractivity contribution in [1.82, 2.24) is 5.32 Å². The van der Waals surface area contributed by atoms with Crippen LogP contribution in [0, 0.1) is 11.7 Å². The van der Waals surface area contributed by atoms with Crippen LogP contribution in [-0.2, 0) is 6.18 Å². The smallest absolute Gasteiger partial charge is 0.352 e. The third kappa shape index (κ3) is 3.87. The average molecular weight is 324 g/mol. The van der Waals surface area contributed by atoms with Gasteiger partial charge >= 0.3 is 6.18 Å². The van der Waals surface area contributed by atoms with E-state index in [1.54, 1.807) is 0 Å². The minimum atomic E-state index is -4.62. The lowest BCUT2D eigenvalue weighted by atomic mass is 10.1. The van der Waals surface area contributed by atoms with Gasteiger partial charge in [0.15, 0.2) is 0 Å². The van der Waals surface area contributed by atoms with Gasteiger partial charge in [-0.2, -0.15) is 13.2 Å². The summed E-state index contributed by atoms with van der Waals surface area (Å²) in [5.41, 5.74) is -1.65. The van der Waals surface area contributed by atoms with E-state index in [9.17, 15) is 22.4 Å². The Bertz CT molecular complexity index is 532. The van der Waals surface area contributed by atoms with Gasteiger partial charge in [-0.15, -0.1) is 11.6 Å². The van der Waals surface area contributed by atoms with Gasteiger partial charge in [-0.3, -0.25) is 4.79 Å². The third-order valence-corrected chi connectivity index (χ3v) is 4.20. The van der Waals surface area contributed by atoms with E-state index in [2.05, 4.69) is 5.32 Å². The van der Waals surface area contributed by atoms with Crippen molar-refractivity contribution in [2.24, 2.45) is 5.92 Å². The van der Waals surface area contributed by atoms with Crippen LogP contribution in [0.25, 0.3) is 0 Å². The van der Waals surface area contributed by atoms with Gasteiger partial charge in [0.05, 0.1) is 11.1 Å². The molecule has 0 bridgehead atoms. The van der Waals surface area contributed by atoms with Gasteiger partial charge in [0.2, 0.25) is 0 Å². The summed E-state index contributed by atoms with van der Waals surface area (Å²) in [6, 6.07) is 1.78. The maximum atomic E-state index is 13.5. The van der Waals surface area contributed by atoms with Gasteiger partial charge in [0.1, 0.15) is 5.82 Å². The number of halogens is 5. The molecule has 0 heterocycles. The zero-order chi connectivity index (χ0) is 15.6. The predicted octanol–water partition coefficient (Wildman–Crippen LogP) is 3.98. The van der Waals surface area contributed by atoms with Crippen LogP contribution < -0.4 is 5.32 Å². The molecule has 1 amide bonds. The lowest BCUT2D eigenvalue weighted by Crippen LogP contribution is -2.31. The van der Waals surface area contributed by atoms with Crippen molar-refractivity contribution in [3.8, 4) is 0 Å². The zero-order valence-corrected chi connectivity index (χ0v) is 11.8. The highest BCUT2D eigenvalue weighted by atomic mass is 35.5. The summed E-state index contributed by atoms with van der Waals surface area (Å²) < 4.78 is 51.3. The molecule has 0 radical (unpaired) electrons. The lowest BCUT2D eigenvalue weighted by molar-refractivity contribution is -0.137. The second-order valence-corrected chi connectivity index (χ2v) is 5.67. The Morgan fingerprint density at radius 2 is 2.05 bits per heavy atom. The van der Waals surface area contributed by atoms with Crippen molar-refractivity contribution < 1.29 is 22.4 Å². The van der Waals surface area contributed by atoms with Crippen molar-refractivity contribution in [2.75, 3.05) is 6.54 Å². The van der Waals surface area contributed by atoms with E-state index in [1.807, 2.05) is 0 Å². The van der Waals surface area contributed by atoms with Crippen LogP contribution in [0.2, 0.25) is 0 Å². The van der Waals surface area contributed by atoms with Crippen LogP contribution in [0.5, 0.6) is 0 Å². The molecular weight excluding hydrogens is 310 g/mol. The molecule has 0 aromatic heterocycles. The van der Waals surface area contributed by atoms with Crippen LogP contribution in [0.1, 0.15) is 35.2 Å². The Hall–Kier alpha value is -1.30. The lowest BCUT2D eigenvalue weighted by Gasteiger charge is -2.15. The van der Waals surface area contributed by atoms with Gasteiger partial charge in [0, 0.05) is 11.9 Å². The van der Waals surface area contributed by atoms with E-state index in [0.29, 0.717) is 18.2 Å². The number of nitrogens with one attached hydrogen (secondary N) is 1. The van der Waals surface area contributed by atoms with Crippen LogP contribution in [0.4, 0.5) is 17.6 Å². The van der Waals surface area contributed by atoms with Crippen LogP contribution in [-0.4, -0.2) is 17.8 Å². The number of carbonyl (C=O) groups is 1. The summed E-state index contributed by atoms with van der Waals surface area (Å²) in [7, 11) is 0. The Balaban J connectivity index is 2.08. The van der Waals surface area contributed by atoms with Crippen LogP contribution in [0.3, 0.4) is 0 Å². The fourth-order valence-corrected chi connectivity index (χ4v) is 2.79. The monoisotopic (exact) mass is 323 g/mol. The number of benzene rings is 1. The molecule has 116 valence electrons. The number of hydrogen-bond acceptors (Lipinski definition) is 1. The van der Waals surface area contributed by atoms with Gasteiger partial charge in [-0.1, -0.05) is 6.42 Å². The molecule has 0 spiro atoms. The molecule has 0 saturated heterocycles. The van der Waals surface area contributed by atoms with Crippen molar-refractivity contribution >= 4 is 17.5 Å². The molecule has 1 N–H and O–H groups in total. The summed E-state index contributed by atoms with van der Waals surface area (Å²) in [6.45, 7) is 0.239. The van der Waals surface area contributed by atoms with Gasteiger partial charge in [0.25, 0.3) is 5.91 Å². The normalized spacial score (nSPS) is 22.3. The van der Waals surface area contributed by atoms with Crippen molar-refractivity contribution in [3.05, 3.63) is 35.1 Å². The third-order valence-electron chi connectivity index (χ3n) is 3.63. The number of amides is 1. The number of hydrogen-bond donors (Lipinski definition) is 1. The summed E-state index contributed by atoms with van der Waals surface area (Å²) in [5.74, 6) is -1.76. The molecule has 1 saturated carbocycles. The highest BCUT2D eigenvalue weighted by Gasteiger charge is 2.32. The van der Waals surface area contributed by atoms with E-state index in [1.165, 1.54) is 0 Å². The number of carbonyl (C=O) groups excluding carboxylic acids is 1. The summed E-state index contributed by atoms with van der Waals surface area (Å²) in [4.78, 5) is 11.8. The highest BCUT2D eigenvalue weighted by molar-refractivity contribution is 6.21. The Kier molecular flexibility index (Phi) is 4.76. The Morgan fingerprint density at radius 3 is 2.62 bits per heavy atom. The number of rotatable bonds is 3. The molecular formula is C14H14ClF4NO. The first-order chi connectivity index (χ1) is 9.79. The highest BCUT2D eigenvalue weighted by Crippen LogP contribution is 2.31. The standard InChI is InChI=1S/C14H14ClF4NO/c15-11-3-1-2-8(11)7-20-13(21)10-6-9(14(17,18)19)4-5-12(10)16/h4-6,8,11H,1-3,7H2,(H,20,21). The largest absolute Gasteiger partial charge is 0.416 e.